The first-order chi connectivity index (χ1) is 7.47. The number of hydrogen-bond acceptors (Lipinski definition) is 3. The van der Waals surface area contributed by atoms with Crippen LogP contribution in [0.2, 0.25) is 0 Å². The van der Waals surface area contributed by atoms with Crippen molar-refractivity contribution in [1.82, 2.24) is 4.98 Å². The van der Waals surface area contributed by atoms with Crippen LogP contribution >= 0.6 is 11.6 Å². The van der Waals surface area contributed by atoms with E-state index in [1.54, 1.807) is 24.5 Å². The van der Waals surface area contributed by atoms with E-state index < -0.39 is 10.0 Å². The first kappa shape index (κ1) is 13.3. The van der Waals surface area contributed by atoms with Crippen molar-refractivity contribution in [3.05, 3.63) is 24.5 Å². The van der Waals surface area contributed by atoms with Gasteiger partial charge in [0.2, 0.25) is 10.0 Å². The lowest BCUT2D eigenvalue weighted by Crippen LogP contribution is -2.31. The van der Waals surface area contributed by atoms with Crippen LogP contribution in [-0.2, 0) is 10.0 Å². The third kappa shape index (κ3) is 3.35. The van der Waals surface area contributed by atoms with E-state index in [4.69, 9.17) is 11.6 Å². The zero-order valence-electron chi connectivity index (χ0n) is 9.30. The molecule has 1 aromatic rings. The van der Waals surface area contributed by atoms with Crippen molar-refractivity contribution in [1.29, 1.82) is 0 Å². The summed E-state index contributed by atoms with van der Waals surface area (Å²) in [5.41, 5.74) is 0.608. The van der Waals surface area contributed by atoms with Crippen LogP contribution in [0.25, 0.3) is 0 Å². The number of anilines is 1. The molecule has 0 aliphatic rings. The standard InChI is InChI=1S/C10H15ClN2O2S/c1-9(7-11)8-16(14,15)13(2)10-3-5-12-6-4-10/h3-6,9H,7-8H2,1-2H3. The molecule has 0 aliphatic heterocycles. The fourth-order valence-corrected chi connectivity index (χ4v) is 2.97. The van der Waals surface area contributed by atoms with Crippen LogP contribution in [0.15, 0.2) is 24.5 Å². The molecule has 0 bridgehead atoms. The molecule has 0 N–H and O–H groups in total. The summed E-state index contributed by atoms with van der Waals surface area (Å²) in [6.07, 6.45) is 3.12. The van der Waals surface area contributed by atoms with Gasteiger partial charge in [-0.05, 0) is 18.1 Å². The van der Waals surface area contributed by atoms with Crippen LogP contribution < -0.4 is 4.31 Å². The van der Waals surface area contributed by atoms with Gasteiger partial charge in [-0.1, -0.05) is 6.92 Å². The summed E-state index contributed by atoms with van der Waals surface area (Å²) in [7, 11) is -1.77. The minimum absolute atomic E-state index is 0.0509. The number of aromatic nitrogens is 1. The average molecular weight is 263 g/mol. The molecule has 0 fully saturated rings. The zero-order valence-corrected chi connectivity index (χ0v) is 10.9. The van der Waals surface area contributed by atoms with E-state index in [-0.39, 0.29) is 11.7 Å². The fourth-order valence-electron chi connectivity index (χ4n) is 1.23. The van der Waals surface area contributed by atoms with Crippen molar-refractivity contribution in [2.45, 2.75) is 6.92 Å². The van der Waals surface area contributed by atoms with Gasteiger partial charge < -0.3 is 0 Å². The minimum Gasteiger partial charge on any atom is -0.273 e. The molecule has 1 aromatic heterocycles. The lowest BCUT2D eigenvalue weighted by atomic mass is 10.3. The first-order valence-corrected chi connectivity index (χ1v) is 7.04. The number of sulfonamides is 1. The Morgan fingerprint density at radius 1 is 1.44 bits per heavy atom. The Balaban J connectivity index is 2.85. The van der Waals surface area contributed by atoms with Gasteiger partial charge in [-0.25, -0.2) is 8.42 Å². The maximum Gasteiger partial charge on any atom is 0.235 e. The molecular weight excluding hydrogens is 248 g/mol. The second kappa shape index (κ2) is 5.50. The second-order valence-electron chi connectivity index (χ2n) is 3.71. The van der Waals surface area contributed by atoms with Gasteiger partial charge in [-0.15, -0.1) is 11.6 Å². The highest BCUT2D eigenvalue weighted by Crippen LogP contribution is 2.16. The number of pyridine rings is 1. The molecule has 0 aromatic carbocycles. The minimum atomic E-state index is -3.30. The van der Waals surface area contributed by atoms with Crippen molar-refractivity contribution in [2.75, 3.05) is 23.0 Å². The molecule has 6 heteroatoms. The fraction of sp³-hybridized carbons (Fsp3) is 0.500. The summed E-state index contributed by atoms with van der Waals surface area (Å²) < 4.78 is 25.2. The monoisotopic (exact) mass is 262 g/mol. The van der Waals surface area contributed by atoms with Crippen LogP contribution in [0.3, 0.4) is 0 Å². The normalized spacial score (nSPS) is 13.4. The van der Waals surface area contributed by atoms with Crippen molar-refractivity contribution < 1.29 is 8.42 Å². The van der Waals surface area contributed by atoms with E-state index in [1.807, 2.05) is 6.92 Å². The lowest BCUT2D eigenvalue weighted by molar-refractivity contribution is 0.581. The van der Waals surface area contributed by atoms with E-state index in [1.165, 1.54) is 11.4 Å². The summed E-state index contributed by atoms with van der Waals surface area (Å²) in [6.45, 7) is 1.81. The molecule has 0 radical (unpaired) electrons. The Bertz CT molecular complexity index is 422. The molecular formula is C10H15ClN2O2S. The molecule has 0 amide bonds. The topological polar surface area (TPSA) is 50.3 Å². The molecule has 1 atom stereocenters. The van der Waals surface area contributed by atoms with Gasteiger partial charge in [0.15, 0.2) is 0 Å². The summed E-state index contributed by atoms with van der Waals surface area (Å²) in [6, 6.07) is 3.31. The molecule has 4 nitrogen and oxygen atoms in total. The number of rotatable bonds is 5. The number of nitrogens with zero attached hydrogens (tertiary/aromatic N) is 2. The Morgan fingerprint density at radius 2 is 2.00 bits per heavy atom. The van der Waals surface area contributed by atoms with Gasteiger partial charge in [-0.3, -0.25) is 9.29 Å². The molecule has 16 heavy (non-hydrogen) atoms. The molecule has 90 valence electrons. The van der Waals surface area contributed by atoms with Gasteiger partial charge in [0, 0.05) is 25.3 Å². The van der Waals surface area contributed by atoms with E-state index in [0.29, 0.717) is 11.6 Å². The smallest absolute Gasteiger partial charge is 0.235 e. The highest BCUT2D eigenvalue weighted by molar-refractivity contribution is 7.92. The zero-order chi connectivity index (χ0) is 12.2. The molecule has 1 unspecified atom stereocenters. The highest BCUT2D eigenvalue weighted by atomic mass is 35.5. The van der Waals surface area contributed by atoms with Crippen molar-refractivity contribution in [2.24, 2.45) is 5.92 Å². The molecule has 0 saturated carbocycles. The van der Waals surface area contributed by atoms with Gasteiger partial charge in [-0.2, -0.15) is 0 Å². The Kier molecular flexibility index (Phi) is 4.56. The van der Waals surface area contributed by atoms with Crippen molar-refractivity contribution in [3.8, 4) is 0 Å². The van der Waals surface area contributed by atoms with E-state index in [2.05, 4.69) is 4.98 Å². The van der Waals surface area contributed by atoms with Crippen molar-refractivity contribution in [3.63, 3.8) is 0 Å². The van der Waals surface area contributed by atoms with Crippen molar-refractivity contribution >= 4 is 27.3 Å². The van der Waals surface area contributed by atoms with Crippen LogP contribution in [0.1, 0.15) is 6.92 Å². The lowest BCUT2D eigenvalue weighted by Gasteiger charge is -2.20. The van der Waals surface area contributed by atoms with Gasteiger partial charge >= 0.3 is 0 Å². The molecule has 1 heterocycles. The van der Waals surface area contributed by atoms with E-state index >= 15 is 0 Å². The van der Waals surface area contributed by atoms with Gasteiger partial charge in [0.05, 0.1) is 11.4 Å². The maximum absolute atomic E-state index is 11.9. The summed E-state index contributed by atoms with van der Waals surface area (Å²) in [5.74, 6) is 0.328. The predicted octanol–water partition coefficient (Wildman–Crippen LogP) is 1.72. The summed E-state index contributed by atoms with van der Waals surface area (Å²) in [5, 5.41) is 0. The number of hydrogen-bond donors (Lipinski definition) is 0. The number of halogens is 1. The maximum atomic E-state index is 11.9. The summed E-state index contributed by atoms with van der Waals surface area (Å²) in [4.78, 5) is 3.84. The third-order valence-electron chi connectivity index (χ3n) is 2.20. The Labute approximate surface area is 101 Å². The quantitative estimate of drug-likeness (QED) is 0.760. The average Bonchev–Trinajstić information content (AvgIpc) is 2.28. The molecule has 0 spiro atoms. The molecule has 0 aliphatic carbocycles. The van der Waals surface area contributed by atoms with E-state index in [0.717, 1.165) is 0 Å². The predicted molar refractivity (Wildman–Crippen MR) is 66.3 cm³/mol. The second-order valence-corrected chi connectivity index (χ2v) is 6.06. The summed E-state index contributed by atoms with van der Waals surface area (Å²) >= 11 is 5.62. The Morgan fingerprint density at radius 3 is 2.50 bits per heavy atom. The van der Waals surface area contributed by atoms with Gasteiger partial charge in [0.25, 0.3) is 0 Å². The first-order valence-electron chi connectivity index (χ1n) is 4.90. The Hall–Kier alpha value is -0.810. The SMILES string of the molecule is CC(CCl)CS(=O)(=O)N(C)c1ccncc1. The number of alkyl halides is 1. The van der Waals surface area contributed by atoms with Crippen LogP contribution in [-0.4, -0.2) is 32.1 Å². The van der Waals surface area contributed by atoms with Crippen LogP contribution in [0, 0.1) is 5.92 Å². The molecule has 1 rings (SSSR count). The third-order valence-corrected chi connectivity index (χ3v) is 4.76. The molecule has 0 saturated heterocycles. The highest BCUT2D eigenvalue weighted by Gasteiger charge is 2.21. The van der Waals surface area contributed by atoms with Crippen LogP contribution in [0.5, 0.6) is 0 Å². The van der Waals surface area contributed by atoms with Gasteiger partial charge in [0.1, 0.15) is 0 Å². The largest absolute Gasteiger partial charge is 0.273 e. The van der Waals surface area contributed by atoms with Crippen LogP contribution in [0.4, 0.5) is 5.69 Å². The van der Waals surface area contributed by atoms with E-state index in [9.17, 15) is 8.42 Å².